The van der Waals surface area contributed by atoms with Crippen molar-refractivity contribution in [2.45, 2.75) is 58.5 Å². The lowest BCUT2D eigenvalue weighted by molar-refractivity contribution is -0.139. The SMILES string of the molecule is COc1cc(N2CCN(C)CC2)ccc1Nc1ncc(C(F)(F)F)c(C[C@@H]2CCCC[C@H]2CC(=O)C(C)C)n1. The number of aromatic nitrogens is 2. The highest BCUT2D eigenvalue weighted by molar-refractivity contribution is 5.80. The molecule has 1 aliphatic carbocycles. The van der Waals surface area contributed by atoms with E-state index in [0.717, 1.165) is 63.7 Å². The van der Waals surface area contributed by atoms with E-state index in [1.54, 1.807) is 7.11 Å². The van der Waals surface area contributed by atoms with Gasteiger partial charge >= 0.3 is 6.18 Å². The predicted molar refractivity (Wildman–Crippen MR) is 147 cm³/mol. The maximum Gasteiger partial charge on any atom is 0.419 e. The van der Waals surface area contributed by atoms with Gasteiger partial charge in [0.25, 0.3) is 0 Å². The standard InChI is InChI=1S/C29H40F3N5O2/c1-19(2)26(38)16-21-8-6-5-7-20(21)15-25-23(29(30,31)32)18-33-28(35-25)34-24-10-9-22(17-27(24)39-4)37-13-11-36(3)12-14-37/h9-10,17-21H,5-8,11-16H2,1-4H3,(H,33,34,35)/t20-,21-/m0/s1. The summed E-state index contributed by atoms with van der Waals surface area (Å²) >= 11 is 0. The number of nitrogens with zero attached hydrogens (tertiary/aromatic N) is 4. The summed E-state index contributed by atoms with van der Waals surface area (Å²) in [5.41, 5.74) is 0.768. The Morgan fingerprint density at radius 3 is 2.46 bits per heavy atom. The summed E-state index contributed by atoms with van der Waals surface area (Å²) in [6.07, 6.45) is 0.489. The van der Waals surface area contributed by atoms with Crippen LogP contribution in [-0.2, 0) is 17.4 Å². The summed E-state index contributed by atoms with van der Waals surface area (Å²) in [4.78, 5) is 25.4. The van der Waals surface area contributed by atoms with Crippen molar-refractivity contribution in [2.24, 2.45) is 17.8 Å². The Kier molecular flexibility index (Phi) is 9.35. The second-order valence-electron chi connectivity index (χ2n) is 11.2. The van der Waals surface area contributed by atoms with Crippen molar-refractivity contribution in [3.05, 3.63) is 35.7 Å². The minimum Gasteiger partial charge on any atom is -0.494 e. The number of hydrogen-bond donors (Lipinski definition) is 1. The van der Waals surface area contributed by atoms with Gasteiger partial charge in [-0.05, 0) is 50.3 Å². The summed E-state index contributed by atoms with van der Waals surface area (Å²) in [6.45, 7) is 7.49. The van der Waals surface area contributed by atoms with Crippen LogP contribution < -0.4 is 15.0 Å². The average molecular weight is 548 g/mol. The second kappa shape index (κ2) is 12.5. The molecule has 7 nitrogen and oxygen atoms in total. The number of benzene rings is 1. The Labute approximate surface area is 229 Å². The van der Waals surface area contributed by atoms with Crippen molar-refractivity contribution in [1.29, 1.82) is 0 Å². The number of ether oxygens (including phenoxy) is 1. The first-order chi connectivity index (χ1) is 18.5. The fourth-order valence-corrected chi connectivity index (χ4v) is 5.60. The smallest absolute Gasteiger partial charge is 0.419 e. The van der Waals surface area contributed by atoms with Crippen LogP contribution in [-0.4, -0.2) is 61.0 Å². The van der Waals surface area contributed by atoms with E-state index in [1.165, 1.54) is 0 Å². The summed E-state index contributed by atoms with van der Waals surface area (Å²) in [5, 5.41) is 3.08. The van der Waals surface area contributed by atoms with Gasteiger partial charge in [0, 0.05) is 56.5 Å². The molecule has 0 spiro atoms. The Morgan fingerprint density at radius 1 is 1.13 bits per heavy atom. The molecule has 0 radical (unpaired) electrons. The molecule has 1 saturated carbocycles. The number of carbonyl (C=O) groups excluding carboxylic acids is 1. The number of rotatable bonds is 9. The zero-order chi connectivity index (χ0) is 28.2. The molecule has 0 amide bonds. The van der Waals surface area contributed by atoms with E-state index in [2.05, 4.69) is 32.1 Å². The van der Waals surface area contributed by atoms with Crippen LogP contribution in [0.5, 0.6) is 5.75 Å². The Morgan fingerprint density at radius 2 is 1.82 bits per heavy atom. The van der Waals surface area contributed by atoms with Gasteiger partial charge in [-0.15, -0.1) is 0 Å². The number of piperazine rings is 1. The van der Waals surface area contributed by atoms with E-state index in [-0.39, 0.29) is 41.6 Å². The number of methoxy groups -OCH3 is 1. The van der Waals surface area contributed by atoms with Gasteiger partial charge in [-0.3, -0.25) is 4.79 Å². The predicted octanol–water partition coefficient (Wildman–Crippen LogP) is 5.96. The molecule has 1 N–H and O–H groups in total. The lowest BCUT2D eigenvalue weighted by atomic mass is 9.73. The van der Waals surface area contributed by atoms with E-state index >= 15 is 0 Å². The highest BCUT2D eigenvalue weighted by Gasteiger charge is 2.37. The van der Waals surface area contributed by atoms with Crippen LogP contribution in [0.25, 0.3) is 0 Å². The van der Waals surface area contributed by atoms with Crippen molar-refractivity contribution in [2.75, 3.05) is 50.6 Å². The van der Waals surface area contributed by atoms with Gasteiger partial charge in [0.1, 0.15) is 11.5 Å². The number of halogens is 3. The molecule has 1 aliphatic heterocycles. The number of carbonyl (C=O) groups is 1. The van der Waals surface area contributed by atoms with Crippen molar-refractivity contribution < 1.29 is 22.7 Å². The molecule has 1 aromatic heterocycles. The molecule has 2 heterocycles. The maximum absolute atomic E-state index is 14.0. The van der Waals surface area contributed by atoms with E-state index in [9.17, 15) is 18.0 Å². The van der Waals surface area contributed by atoms with Gasteiger partial charge in [-0.1, -0.05) is 26.7 Å². The zero-order valence-electron chi connectivity index (χ0n) is 23.4. The van der Waals surface area contributed by atoms with Crippen LogP contribution in [0.4, 0.5) is 30.5 Å². The Bertz CT molecular complexity index is 1130. The van der Waals surface area contributed by atoms with Crippen LogP contribution in [0.1, 0.15) is 57.2 Å². The molecule has 214 valence electrons. The molecule has 2 fully saturated rings. The quantitative estimate of drug-likeness (QED) is 0.415. The summed E-state index contributed by atoms with van der Waals surface area (Å²) < 4.78 is 47.5. The molecule has 10 heteroatoms. The van der Waals surface area contributed by atoms with Crippen molar-refractivity contribution in [3.8, 4) is 5.75 Å². The number of hydrogen-bond acceptors (Lipinski definition) is 7. The highest BCUT2D eigenvalue weighted by Crippen LogP contribution is 2.39. The van der Waals surface area contributed by atoms with Gasteiger partial charge in [-0.2, -0.15) is 13.2 Å². The first-order valence-corrected chi connectivity index (χ1v) is 13.9. The minimum atomic E-state index is -4.56. The topological polar surface area (TPSA) is 70.6 Å². The third-order valence-corrected chi connectivity index (χ3v) is 8.10. The molecule has 0 unspecified atom stereocenters. The van der Waals surface area contributed by atoms with E-state index in [4.69, 9.17) is 4.74 Å². The van der Waals surface area contributed by atoms with Gasteiger partial charge < -0.3 is 19.9 Å². The number of alkyl halides is 3. The van der Waals surface area contributed by atoms with Crippen LogP contribution >= 0.6 is 0 Å². The van der Waals surface area contributed by atoms with Crippen LogP contribution in [0.3, 0.4) is 0 Å². The summed E-state index contributed by atoms with van der Waals surface area (Å²) in [6, 6.07) is 5.75. The highest BCUT2D eigenvalue weighted by atomic mass is 19.4. The third-order valence-electron chi connectivity index (χ3n) is 8.10. The first-order valence-electron chi connectivity index (χ1n) is 13.9. The third kappa shape index (κ3) is 7.41. The average Bonchev–Trinajstić information content (AvgIpc) is 2.90. The van der Waals surface area contributed by atoms with Crippen molar-refractivity contribution in [3.63, 3.8) is 0 Å². The molecule has 2 aliphatic rings. The monoisotopic (exact) mass is 547 g/mol. The Balaban J connectivity index is 1.57. The van der Waals surface area contributed by atoms with Crippen molar-refractivity contribution >= 4 is 23.1 Å². The number of Topliss-reactive ketones (excluding diaryl/α,β-unsaturated/α-hetero) is 1. The van der Waals surface area contributed by atoms with Crippen LogP contribution in [0.2, 0.25) is 0 Å². The second-order valence-corrected chi connectivity index (χ2v) is 11.2. The van der Waals surface area contributed by atoms with Gasteiger partial charge in [0.15, 0.2) is 0 Å². The normalized spacial score (nSPS) is 20.8. The van der Waals surface area contributed by atoms with Gasteiger partial charge in [-0.25, -0.2) is 9.97 Å². The summed E-state index contributed by atoms with van der Waals surface area (Å²) in [7, 11) is 3.66. The Hall–Kier alpha value is -2.88. The molecule has 1 saturated heterocycles. The molecule has 39 heavy (non-hydrogen) atoms. The van der Waals surface area contributed by atoms with Crippen molar-refractivity contribution in [1.82, 2.24) is 14.9 Å². The lowest BCUT2D eigenvalue weighted by Crippen LogP contribution is -2.44. The molecule has 2 atom stereocenters. The maximum atomic E-state index is 14.0. The molecule has 0 bridgehead atoms. The van der Waals surface area contributed by atoms with Gasteiger partial charge in [0.2, 0.25) is 5.95 Å². The van der Waals surface area contributed by atoms with Crippen LogP contribution in [0, 0.1) is 17.8 Å². The largest absolute Gasteiger partial charge is 0.494 e. The molecule has 1 aromatic carbocycles. The van der Waals surface area contributed by atoms with E-state index in [1.807, 2.05) is 32.0 Å². The molecular weight excluding hydrogens is 507 g/mol. The fraction of sp³-hybridized carbons (Fsp3) is 0.621. The first kappa shape index (κ1) is 29.1. The minimum absolute atomic E-state index is 0.0253. The molecule has 2 aromatic rings. The van der Waals surface area contributed by atoms with Gasteiger partial charge in [0.05, 0.1) is 24.1 Å². The molecular formula is C29H40F3N5O2. The van der Waals surface area contributed by atoms with E-state index in [0.29, 0.717) is 17.9 Å². The number of anilines is 3. The van der Waals surface area contributed by atoms with E-state index < -0.39 is 11.7 Å². The number of nitrogens with one attached hydrogen (secondary N) is 1. The zero-order valence-corrected chi connectivity index (χ0v) is 23.4. The fourth-order valence-electron chi connectivity index (χ4n) is 5.60. The number of ketones is 1. The number of likely N-dealkylation sites (N-methyl/N-ethyl adjacent to an activating group) is 1. The summed E-state index contributed by atoms with van der Waals surface area (Å²) in [5.74, 6) is 0.794. The molecule has 4 rings (SSSR count). The van der Waals surface area contributed by atoms with Crippen LogP contribution in [0.15, 0.2) is 24.4 Å². The lowest BCUT2D eigenvalue weighted by Gasteiger charge is -2.34.